The Morgan fingerprint density at radius 3 is 2.68 bits per heavy atom. The highest BCUT2D eigenvalue weighted by Gasteiger charge is 2.21. The molecule has 3 rings (SSSR count). The van der Waals surface area contributed by atoms with Gasteiger partial charge in [-0.2, -0.15) is 10.2 Å². The number of pyridine rings is 1. The van der Waals surface area contributed by atoms with E-state index < -0.39 is 0 Å². The summed E-state index contributed by atoms with van der Waals surface area (Å²) < 4.78 is 3.31. The number of carbonyl (C=O) groups is 1. The van der Waals surface area contributed by atoms with E-state index in [9.17, 15) is 4.79 Å². The Kier molecular flexibility index (Phi) is 4.39. The lowest BCUT2D eigenvalue weighted by Crippen LogP contribution is -2.25. The molecule has 3 aromatic heterocycles. The number of rotatable bonds is 4. The second-order valence-corrected chi connectivity index (χ2v) is 6.94. The quantitative estimate of drug-likeness (QED) is 0.791. The molecule has 0 aliphatic carbocycles. The summed E-state index contributed by atoms with van der Waals surface area (Å²) in [6, 6.07) is 7.45. The van der Waals surface area contributed by atoms with Crippen molar-refractivity contribution in [1.82, 2.24) is 29.9 Å². The molecular weight excluding hydrogens is 316 g/mol. The fourth-order valence-electron chi connectivity index (χ4n) is 2.42. The van der Waals surface area contributed by atoms with Crippen molar-refractivity contribution < 1.29 is 4.79 Å². The number of hydrogen-bond acceptors (Lipinski definition) is 4. The molecule has 1 N–H and O–H groups in total. The topological polar surface area (TPSA) is 77.6 Å². The third kappa shape index (κ3) is 3.76. The standard InChI is InChI=1S/C18H22N6O/c1-18(2,3)15-11-14(23(4)22-15)17(25)20-12-13-6-8-19-16(10-13)24-9-5-7-21-24/h5-11H,12H2,1-4H3,(H,20,25). The molecule has 0 atom stereocenters. The van der Waals surface area contributed by atoms with Gasteiger partial charge >= 0.3 is 0 Å². The van der Waals surface area contributed by atoms with E-state index in [4.69, 9.17) is 0 Å². The van der Waals surface area contributed by atoms with Crippen LogP contribution in [0.5, 0.6) is 0 Å². The molecule has 0 fully saturated rings. The van der Waals surface area contributed by atoms with Gasteiger partial charge in [-0.25, -0.2) is 9.67 Å². The van der Waals surface area contributed by atoms with Gasteiger partial charge in [-0.1, -0.05) is 20.8 Å². The van der Waals surface area contributed by atoms with Crippen molar-refractivity contribution in [2.75, 3.05) is 0 Å². The first kappa shape index (κ1) is 16.9. The summed E-state index contributed by atoms with van der Waals surface area (Å²) in [6.07, 6.45) is 5.24. The summed E-state index contributed by atoms with van der Waals surface area (Å²) in [6.45, 7) is 6.63. The minimum absolute atomic E-state index is 0.0972. The Balaban J connectivity index is 1.71. The Morgan fingerprint density at radius 2 is 2.04 bits per heavy atom. The largest absolute Gasteiger partial charge is 0.347 e. The molecule has 0 spiro atoms. The highest BCUT2D eigenvalue weighted by Crippen LogP contribution is 2.21. The van der Waals surface area contributed by atoms with Crippen LogP contribution in [0.2, 0.25) is 0 Å². The van der Waals surface area contributed by atoms with Gasteiger partial charge in [0.1, 0.15) is 5.69 Å². The first-order chi connectivity index (χ1) is 11.8. The lowest BCUT2D eigenvalue weighted by Gasteiger charge is -2.13. The van der Waals surface area contributed by atoms with E-state index in [2.05, 4.69) is 41.3 Å². The lowest BCUT2D eigenvalue weighted by atomic mass is 9.92. The van der Waals surface area contributed by atoms with Gasteiger partial charge in [-0.15, -0.1) is 0 Å². The number of hydrogen-bond donors (Lipinski definition) is 1. The van der Waals surface area contributed by atoms with Gasteiger partial charge in [0.05, 0.1) is 5.69 Å². The summed E-state index contributed by atoms with van der Waals surface area (Å²) in [7, 11) is 1.78. The average Bonchev–Trinajstić information content (AvgIpc) is 3.22. The van der Waals surface area contributed by atoms with Gasteiger partial charge < -0.3 is 5.32 Å². The zero-order valence-electron chi connectivity index (χ0n) is 14.9. The maximum absolute atomic E-state index is 12.5. The maximum atomic E-state index is 12.5. The molecule has 0 unspecified atom stereocenters. The van der Waals surface area contributed by atoms with Crippen LogP contribution in [-0.4, -0.2) is 30.5 Å². The fraction of sp³-hybridized carbons (Fsp3) is 0.333. The Bertz CT molecular complexity index is 873. The van der Waals surface area contributed by atoms with Crippen molar-refractivity contribution in [3.63, 3.8) is 0 Å². The van der Waals surface area contributed by atoms with Crippen LogP contribution >= 0.6 is 0 Å². The number of nitrogens with zero attached hydrogens (tertiary/aromatic N) is 5. The molecule has 3 heterocycles. The number of aryl methyl sites for hydroxylation is 1. The molecule has 0 aliphatic rings. The van der Waals surface area contributed by atoms with E-state index in [-0.39, 0.29) is 11.3 Å². The molecule has 0 saturated carbocycles. The first-order valence-corrected chi connectivity index (χ1v) is 8.12. The van der Waals surface area contributed by atoms with Crippen LogP contribution in [0.3, 0.4) is 0 Å². The van der Waals surface area contributed by atoms with Crippen molar-refractivity contribution in [3.05, 3.63) is 59.8 Å². The Morgan fingerprint density at radius 1 is 1.24 bits per heavy atom. The van der Waals surface area contributed by atoms with E-state index in [1.165, 1.54) is 0 Å². The predicted molar refractivity (Wildman–Crippen MR) is 94.4 cm³/mol. The van der Waals surface area contributed by atoms with Crippen molar-refractivity contribution >= 4 is 5.91 Å². The van der Waals surface area contributed by atoms with Gasteiger partial charge in [-0.05, 0) is 29.8 Å². The molecule has 7 nitrogen and oxygen atoms in total. The van der Waals surface area contributed by atoms with Crippen LogP contribution < -0.4 is 5.32 Å². The molecule has 3 aromatic rings. The highest BCUT2D eigenvalue weighted by atomic mass is 16.2. The summed E-state index contributed by atoms with van der Waals surface area (Å²) >= 11 is 0. The Labute approximate surface area is 146 Å². The van der Waals surface area contributed by atoms with Crippen molar-refractivity contribution in [1.29, 1.82) is 0 Å². The van der Waals surface area contributed by atoms with E-state index in [0.717, 1.165) is 11.3 Å². The third-order valence-electron chi connectivity index (χ3n) is 3.88. The van der Waals surface area contributed by atoms with E-state index in [1.807, 2.05) is 30.5 Å². The maximum Gasteiger partial charge on any atom is 0.269 e. The number of aromatic nitrogens is 5. The van der Waals surface area contributed by atoms with Crippen LogP contribution in [0.1, 0.15) is 42.5 Å². The van der Waals surface area contributed by atoms with Crippen LogP contribution in [-0.2, 0) is 19.0 Å². The molecular formula is C18H22N6O. The van der Waals surface area contributed by atoms with Gasteiger partial charge in [0.25, 0.3) is 5.91 Å². The zero-order chi connectivity index (χ0) is 18.0. The minimum Gasteiger partial charge on any atom is -0.347 e. The van der Waals surface area contributed by atoms with Crippen LogP contribution in [0.15, 0.2) is 42.9 Å². The number of carbonyl (C=O) groups excluding carboxylic acids is 1. The average molecular weight is 338 g/mol. The Hall–Kier alpha value is -2.96. The second kappa shape index (κ2) is 6.51. The molecule has 0 aromatic carbocycles. The molecule has 0 radical (unpaired) electrons. The molecule has 0 aliphatic heterocycles. The second-order valence-electron chi connectivity index (χ2n) is 6.94. The lowest BCUT2D eigenvalue weighted by molar-refractivity contribution is 0.0941. The molecule has 0 bridgehead atoms. The van der Waals surface area contributed by atoms with E-state index >= 15 is 0 Å². The number of nitrogens with one attached hydrogen (secondary N) is 1. The number of amides is 1. The van der Waals surface area contributed by atoms with Crippen molar-refractivity contribution in [2.24, 2.45) is 7.05 Å². The summed E-state index contributed by atoms with van der Waals surface area (Å²) in [5, 5.41) is 11.5. The van der Waals surface area contributed by atoms with Crippen molar-refractivity contribution in [2.45, 2.75) is 32.7 Å². The first-order valence-electron chi connectivity index (χ1n) is 8.12. The van der Waals surface area contributed by atoms with Crippen LogP contribution in [0, 0.1) is 0 Å². The normalized spacial score (nSPS) is 11.5. The monoisotopic (exact) mass is 338 g/mol. The predicted octanol–water partition coefficient (Wildman–Crippen LogP) is 2.23. The smallest absolute Gasteiger partial charge is 0.269 e. The summed E-state index contributed by atoms with van der Waals surface area (Å²) in [5.41, 5.74) is 2.29. The molecule has 25 heavy (non-hydrogen) atoms. The SMILES string of the molecule is Cn1nc(C(C)(C)C)cc1C(=O)NCc1ccnc(-n2cccn2)c1. The van der Waals surface area contributed by atoms with Gasteiger partial charge in [-0.3, -0.25) is 9.48 Å². The zero-order valence-corrected chi connectivity index (χ0v) is 14.9. The van der Waals surface area contributed by atoms with E-state index in [0.29, 0.717) is 18.1 Å². The van der Waals surface area contributed by atoms with Crippen LogP contribution in [0.4, 0.5) is 0 Å². The van der Waals surface area contributed by atoms with Gasteiger partial charge in [0, 0.05) is 37.6 Å². The van der Waals surface area contributed by atoms with E-state index in [1.54, 1.807) is 28.8 Å². The fourth-order valence-corrected chi connectivity index (χ4v) is 2.42. The third-order valence-corrected chi connectivity index (χ3v) is 3.88. The molecule has 0 saturated heterocycles. The minimum atomic E-state index is -0.150. The summed E-state index contributed by atoms with van der Waals surface area (Å²) in [5.74, 6) is 0.565. The van der Waals surface area contributed by atoms with Gasteiger partial charge in [0.15, 0.2) is 5.82 Å². The molecule has 7 heteroatoms. The van der Waals surface area contributed by atoms with Gasteiger partial charge in [0.2, 0.25) is 0 Å². The summed E-state index contributed by atoms with van der Waals surface area (Å²) in [4.78, 5) is 16.8. The molecule has 130 valence electrons. The highest BCUT2D eigenvalue weighted by molar-refractivity contribution is 5.92. The van der Waals surface area contributed by atoms with Crippen molar-refractivity contribution in [3.8, 4) is 5.82 Å². The van der Waals surface area contributed by atoms with Crippen LogP contribution in [0.25, 0.3) is 5.82 Å². The molecule has 1 amide bonds.